The fourth-order valence-electron chi connectivity index (χ4n) is 5.00. The van der Waals surface area contributed by atoms with Gasteiger partial charge in [-0.25, -0.2) is 0 Å². The lowest BCUT2D eigenvalue weighted by atomic mass is 10.1. The molecule has 0 saturated heterocycles. The van der Waals surface area contributed by atoms with Gasteiger partial charge in [0.1, 0.15) is 5.75 Å². The fraction of sp³-hybridized carbons (Fsp3) is 0.533. The number of thiophene rings is 4. The van der Waals surface area contributed by atoms with Gasteiger partial charge in [0.05, 0.1) is 42.8 Å². The lowest BCUT2D eigenvalue weighted by Gasteiger charge is -2.14. The summed E-state index contributed by atoms with van der Waals surface area (Å²) in [6.45, 7) is 6.14. The quantitative estimate of drug-likeness (QED) is 0.112. The summed E-state index contributed by atoms with van der Waals surface area (Å²) in [4.78, 5) is 0. The minimum absolute atomic E-state index is 0.791. The van der Waals surface area contributed by atoms with Gasteiger partial charge in [0.25, 0.3) is 0 Å². The normalized spacial score (nSPS) is 12.1. The maximum absolute atomic E-state index is 6.72. The van der Waals surface area contributed by atoms with E-state index in [2.05, 4.69) is 36.7 Å². The molecule has 4 aromatic heterocycles. The molecular formula is C30H38O2S4. The van der Waals surface area contributed by atoms with E-state index in [-0.39, 0.29) is 0 Å². The van der Waals surface area contributed by atoms with Crippen LogP contribution >= 0.6 is 45.3 Å². The number of hydrogen-bond donors (Lipinski definition) is 0. The van der Waals surface area contributed by atoms with Crippen molar-refractivity contribution in [2.75, 3.05) is 13.2 Å². The predicted molar refractivity (Wildman–Crippen MR) is 166 cm³/mol. The van der Waals surface area contributed by atoms with Crippen LogP contribution in [0.3, 0.4) is 0 Å². The van der Waals surface area contributed by atoms with Gasteiger partial charge in [0, 0.05) is 9.40 Å². The maximum atomic E-state index is 6.72. The summed E-state index contributed by atoms with van der Waals surface area (Å²) in [5, 5.41) is 7.00. The van der Waals surface area contributed by atoms with Crippen LogP contribution < -0.4 is 9.47 Å². The molecule has 0 bridgehead atoms. The third-order valence-electron chi connectivity index (χ3n) is 6.95. The van der Waals surface area contributed by atoms with Gasteiger partial charge in [-0.2, -0.15) is 0 Å². The monoisotopic (exact) mass is 558 g/mol. The zero-order valence-electron chi connectivity index (χ0n) is 21.7. The zero-order valence-corrected chi connectivity index (χ0v) is 24.9. The van der Waals surface area contributed by atoms with E-state index in [1.54, 1.807) is 0 Å². The van der Waals surface area contributed by atoms with E-state index in [1.807, 2.05) is 45.3 Å². The predicted octanol–water partition coefficient (Wildman–Crippen LogP) is 12.0. The average Bonchev–Trinajstić information content (AvgIpc) is 3.65. The molecule has 0 atom stereocenters. The van der Waals surface area contributed by atoms with Crippen LogP contribution in [-0.2, 0) is 0 Å². The molecule has 0 fully saturated rings. The molecule has 5 aromatic rings. The number of benzene rings is 1. The maximum Gasteiger partial charge on any atom is 0.155 e. The van der Waals surface area contributed by atoms with Gasteiger partial charge < -0.3 is 9.47 Å². The van der Waals surface area contributed by atoms with Gasteiger partial charge in [0.2, 0.25) is 0 Å². The van der Waals surface area contributed by atoms with Crippen LogP contribution in [0, 0.1) is 0 Å². The van der Waals surface area contributed by atoms with E-state index in [0.29, 0.717) is 0 Å². The zero-order chi connectivity index (χ0) is 24.7. The first-order valence-electron chi connectivity index (χ1n) is 13.8. The summed E-state index contributed by atoms with van der Waals surface area (Å²) in [6.07, 6.45) is 15.4. The van der Waals surface area contributed by atoms with Crippen LogP contribution in [0.5, 0.6) is 11.5 Å². The third-order valence-corrected chi connectivity index (χ3v) is 11.4. The van der Waals surface area contributed by atoms with Crippen LogP contribution in [0.4, 0.5) is 0 Å². The molecule has 0 aliphatic heterocycles. The molecule has 0 aliphatic carbocycles. The largest absolute Gasteiger partial charge is 0.492 e. The highest BCUT2D eigenvalue weighted by Gasteiger charge is 2.25. The highest BCUT2D eigenvalue weighted by molar-refractivity contribution is 7.34. The van der Waals surface area contributed by atoms with Gasteiger partial charge in [-0.15, -0.1) is 45.3 Å². The second-order valence-electron chi connectivity index (χ2n) is 9.73. The molecular weight excluding hydrogens is 521 g/mol. The van der Waals surface area contributed by atoms with E-state index >= 15 is 0 Å². The minimum atomic E-state index is 0.791. The number of rotatable bonds is 16. The second-order valence-corrected chi connectivity index (χ2v) is 13.7. The Bertz CT molecular complexity index is 1300. The van der Waals surface area contributed by atoms with Crippen molar-refractivity contribution in [3.63, 3.8) is 0 Å². The van der Waals surface area contributed by atoms with Crippen LogP contribution in [0.1, 0.15) is 90.9 Å². The lowest BCUT2D eigenvalue weighted by Crippen LogP contribution is -2.01. The van der Waals surface area contributed by atoms with E-state index in [4.69, 9.17) is 9.47 Å². The molecule has 0 radical (unpaired) electrons. The van der Waals surface area contributed by atoms with E-state index in [9.17, 15) is 0 Å². The Kier molecular flexibility index (Phi) is 9.45. The van der Waals surface area contributed by atoms with Crippen LogP contribution in [0.15, 0.2) is 22.9 Å². The molecule has 5 rings (SSSR count). The van der Waals surface area contributed by atoms with E-state index < -0.39 is 0 Å². The fourth-order valence-corrected chi connectivity index (χ4v) is 9.78. The number of unbranched alkanes of at least 4 members (excludes halogenated alkanes) is 10. The first-order valence-corrected chi connectivity index (χ1v) is 17.2. The van der Waals surface area contributed by atoms with Crippen molar-refractivity contribution in [3.8, 4) is 11.5 Å². The molecule has 194 valence electrons. The Hall–Kier alpha value is -1.34. The second kappa shape index (κ2) is 12.9. The van der Waals surface area contributed by atoms with Crippen molar-refractivity contribution in [3.05, 3.63) is 22.9 Å². The topological polar surface area (TPSA) is 18.5 Å². The Morgan fingerprint density at radius 3 is 1.47 bits per heavy atom. The summed E-state index contributed by atoms with van der Waals surface area (Å²) in [6, 6.07) is 4.52. The van der Waals surface area contributed by atoms with Crippen LogP contribution in [0.25, 0.3) is 39.0 Å². The molecule has 6 heteroatoms. The summed E-state index contributed by atoms with van der Waals surface area (Å²) in [5.41, 5.74) is 0. The Morgan fingerprint density at radius 2 is 0.972 bits per heavy atom. The van der Waals surface area contributed by atoms with Crippen LogP contribution in [0.2, 0.25) is 0 Å². The summed E-state index contributed by atoms with van der Waals surface area (Å²) < 4.78 is 21.3. The molecule has 0 saturated carbocycles. The highest BCUT2D eigenvalue weighted by Crippen LogP contribution is 2.56. The van der Waals surface area contributed by atoms with Gasteiger partial charge in [0.15, 0.2) is 5.75 Å². The van der Waals surface area contributed by atoms with Crippen molar-refractivity contribution >= 4 is 84.3 Å². The van der Waals surface area contributed by atoms with E-state index in [0.717, 1.165) is 37.6 Å². The summed E-state index contributed by atoms with van der Waals surface area (Å²) >= 11 is 7.44. The molecule has 0 spiro atoms. The molecule has 2 nitrogen and oxygen atoms in total. The number of fused-ring (bicyclic) bond motifs is 6. The number of hydrogen-bond acceptors (Lipinski definition) is 6. The van der Waals surface area contributed by atoms with Gasteiger partial charge >= 0.3 is 0 Å². The van der Waals surface area contributed by atoms with Gasteiger partial charge in [-0.3, -0.25) is 0 Å². The summed E-state index contributed by atoms with van der Waals surface area (Å²) in [7, 11) is 0. The molecule has 36 heavy (non-hydrogen) atoms. The Labute approximate surface area is 231 Å². The van der Waals surface area contributed by atoms with Crippen molar-refractivity contribution in [1.82, 2.24) is 0 Å². The molecule has 0 unspecified atom stereocenters. The van der Waals surface area contributed by atoms with Crippen LogP contribution in [-0.4, -0.2) is 13.2 Å². The first-order chi connectivity index (χ1) is 17.8. The van der Waals surface area contributed by atoms with Crippen molar-refractivity contribution < 1.29 is 9.47 Å². The molecule has 4 heterocycles. The average molecular weight is 559 g/mol. The van der Waals surface area contributed by atoms with Crippen molar-refractivity contribution in [1.29, 1.82) is 0 Å². The molecule has 1 aromatic carbocycles. The third kappa shape index (κ3) is 5.57. The van der Waals surface area contributed by atoms with Crippen molar-refractivity contribution in [2.24, 2.45) is 0 Å². The Morgan fingerprint density at radius 1 is 0.528 bits per heavy atom. The number of ether oxygens (including phenoxy) is 2. The lowest BCUT2D eigenvalue weighted by molar-refractivity contribution is 0.307. The molecule has 0 N–H and O–H groups in total. The van der Waals surface area contributed by atoms with Crippen molar-refractivity contribution in [2.45, 2.75) is 90.9 Å². The van der Waals surface area contributed by atoms with Gasteiger partial charge in [-0.1, -0.05) is 78.1 Å². The summed E-state index contributed by atoms with van der Waals surface area (Å²) in [5.74, 6) is 2.20. The standard InChI is InChI=1S/C30H38O2S4/c1-3-5-7-9-11-13-17-31-25-23-27-21(15-19-33-27)35-29(23)26(32-18-14-12-10-8-6-4-2)30-24(25)28-22(36-30)16-20-34-28/h15-16,19-20H,3-14,17-18H2,1-2H3. The minimum Gasteiger partial charge on any atom is -0.492 e. The first kappa shape index (κ1) is 26.3. The SMILES string of the molecule is CCCCCCCCOc1c2sc3ccsc3c2c(OCCCCCCCC)c2c1sc1ccsc12. The molecule has 0 aliphatic rings. The Balaban J connectivity index is 1.46. The highest BCUT2D eigenvalue weighted by atomic mass is 32.1. The van der Waals surface area contributed by atoms with E-state index in [1.165, 1.54) is 103 Å². The molecule has 0 amide bonds. The van der Waals surface area contributed by atoms with Gasteiger partial charge in [-0.05, 0) is 35.7 Å². The smallest absolute Gasteiger partial charge is 0.155 e.